The molecule has 1 aliphatic rings. The molecular weight excluding hydrogens is 251 g/mol. The number of aliphatic carboxylic acids is 1. The third kappa shape index (κ3) is 8.81. The molecule has 1 saturated heterocycles. The first-order valence-corrected chi connectivity index (χ1v) is 4.75. The summed E-state index contributed by atoms with van der Waals surface area (Å²) < 4.78 is 55.3. The SMILES string of the molecule is FC(F)CN1CCNCC1.O=C(O)C(F)(F)F. The van der Waals surface area contributed by atoms with E-state index in [-0.39, 0.29) is 6.54 Å². The molecule has 0 aromatic heterocycles. The van der Waals surface area contributed by atoms with Crippen LogP contribution in [0.5, 0.6) is 0 Å². The molecule has 2 N–H and O–H groups in total. The molecular formula is C8H13F5N2O2. The fourth-order valence-electron chi connectivity index (χ4n) is 1.09. The third-order valence-electron chi connectivity index (χ3n) is 1.85. The van der Waals surface area contributed by atoms with E-state index in [1.807, 2.05) is 0 Å². The Morgan fingerprint density at radius 1 is 1.29 bits per heavy atom. The number of carboxylic acids is 1. The molecule has 0 aliphatic carbocycles. The summed E-state index contributed by atoms with van der Waals surface area (Å²) >= 11 is 0. The number of hydrogen-bond donors (Lipinski definition) is 2. The zero-order valence-electron chi connectivity index (χ0n) is 8.81. The maximum absolute atomic E-state index is 11.8. The van der Waals surface area contributed by atoms with Gasteiger partial charge in [0.15, 0.2) is 0 Å². The summed E-state index contributed by atoms with van der Waals surface area (Å²) in [5.41, 5.74) is 0. The van der Waals surface area contributed by atoms with Crippen LogP contribution in [0.4, 0.5) is 22.0 Å². The average Bonchev–Trinajstić information content (AvgIpc) is 2.17. The van der Waals surface area contributed by atoms with Crippen LogP contribution in [0.2, 0.25) is 0 Å². The molecule has 0 aromatic rings. The van der Waals surface area contributed by atoms with Crippen LogP contribution in [-0.4, -0.2) is 61.3 Å². The summed E-state index contributed by atoms with van der Waals surface area (Å²) in [5, 5.41) is 10.2. The zero-order chi connectivity index (χ0) is 13.5. The van der Waals surface area contributed by atoms with Gasteiger partial charge in [-0.25, -0.2) is 13.6 Å². The van der Waals surface area contributed by atoms with Crippen molar-refractivity contribution in [3.63, 3.8) is 0 Å². The molecule has 1 aliphatic heterocycles. The quantitative estimate of drug-likeness (QED) is 0.724. The molecule has 9 heteroatoms. The second-order valence-corrected chi connectivity index (χ2v) is 3.24. The van der Waals surface area contributed by atoms with E-state index in [0.29, 0.717) is 0 Å². The van der Waals surface area contributed by atoms with E-state index < -0.39 is 18.6 Å². The van der Waals surface area contributed by atoms with Gasteiger partial charge in [0.05, 0.1) is 6.54 Å². The van der Waals surface area contributed by atoms with E-state index in [9.17, 15) is 22.0 Å². The molecule has 1 fully saturated rings. The van der Waals surface area contributed by atoms with E-state index >= 15 is 0 Å². The van der Waals surface area contributed by atoms with Crippen LogP contribution in [0.15, 0.2) is 0 Å². The molecule has 4 nitrogen and oxygen atoms in total. The molecule has 0 spiro atoms. The number of hydrogen-bond acceptors (Lipinski definition) is 3. The van der Waals surface area contributed by atoms with Gasteiger partial charge in [0, 0.05) is 26.2 Å². The molecule has 0 aromatic carbocycles. The Bertz CT molecular complexity index is 228. The van der Waals surface area contributed by atoms with Crippen LogP contribution in [0.25, 0.3) is 0 Å². The Morgan fingerprint density at radius 3 is 2.00 bits per heavy atom. The van der Waals surface area contributed by atoms with Crippen LogP contribution in [0.3, 0.4) is 0 Å². The summed E-state index contributed by atoms with van der Waals surface area (Å²) in [7, 11) is 0. The summed E-state index contributed by atoms with van der Waals surface area (Å²) in [6, 6.07) is 0. The molecule has 102 valence electrons. The Morgan fingerprint density at radius 2 is 1.71 bits per heavy atom. The number of piperazine rings is 1. The van der Waals surface area contributed by atoms with Crippen LogP contribution < -0.4 is 5.32 Å². The van der Waals surface area contributed by atoms with Crippen molar-refractivity contribution in [3.05, 3.63) is 0 Å². The van der Waals surface area contributed by atoms with Crippen LogP contribution in [0.1, 0.15) is 0 Å². The highest BCUT2D eigenvalue weighted by Crippen LogP contribution is 2.13. The molecule has 0 amide bonds. The fourth-order valence-corrected chi connectivity index (χ4v) is 1.09. The normalized spacial score (nSPS) is 17.5. The van der Waals surface area contributed by atoms with Crippen molar-refractivity contribution in [1.29, 1.82) is 0 Å². The summed E-state index contributed by atoms with van der Waals surface area (Å²) in [6.45, 7) is 3.12. The molecule has 0 saturated carbocycles. The van der Waals surface area contributed by atoms with Crippen molar-refractivity contribution in [2.45, 2.75) is 12.6 Å². The molecule has 1 rings (SSSR count). The predicted octanol–water partition coefficient (Wildman–Crippen LogP) is 0.790. The van der Waals surface area contributed by atoms with Gasteiger partial charge < -0.3 is 10.4 Å². The lowest BCUT2D eigenvalue weighted by atomic mass is 10.4. The van der Waals surface area contributed by atoms with Gasteiger partial charge in [-0.3, -0.25) is 4.90 Å². The minimum Gasteiger partial charge on any atom is -0.475 e. The predicted molar refractivity (Wildman–Crippen MR) is 49.0 cm³/mol. The van der Waals surface area contributed by atoms with Gasteiger partial charge in [0.25, 0.3) is 6.43 Å². The van der Waals surface area contributed by atoms with Gasteiger partial charge in [-0.1, -0.05) is 0 Å². The monoisotopic (exact) mass is 264 g/mol. The standard InChI is InChI=1S/C6H12F2N2.C2HF3O2/c7-6(8)5-10-3-1-9-2-4-10;3-2(4,5)1(6)7/h6,9H,1-5H2;(H,6,7). The molecule has 0 unspecified atom stereocenters. The number of halogens is 5. The minimum absolute atomic E-state index is 0.0678. The van der Waals surface area contributed by atoms with E-state index in [1.54, 1.807) is 4.90 Å². The molecule has 0 atom stereocenters. The van der Waals surface area contributed by atoms with Crippen molar-refractivity contribution >= 4 is 5.97 Å². The highest BCUT2D eigenvalue weighted by molar-refractivity contribution is 5.73. The highest BCUT2D eigenvalue weighted by Gasteiger charge is 2.38. The van der Waals surface area contributed by atoms with Gasteiger partial charge in [0.2, 0.25) is 0 Å². The van der Waals surface area contributed by atoms with E-state index in [0.717, 1.165) is 26.2 Å². The minimum atomic E-state index is -5.08. The smallest absolute Gasteiger partial charge is 0.475 e. The van der Waals surface area contributed by atoms with Crippen LogP contribution in [0, 0.1) is 0 Å². The highest BCUT2D eigenvalue weighted by atomic mass is 19.4. The summed E-state index contributed by atoms with van der Waals surface area (Å²) in [5.74, 6) is -2.76. The lowest BCUT2D eigenvalue weighted by Crippen LogP contribution is -2.45. The van der Waals surface area contributed by atoms with Gasteiger partial charge in [-0.05, 0) is 0 Å². The Labute approximate surface area is 94.4 Å². The van der Waals surface area contributed by atoms with E-state index in [2.05, 4.69) is 5.32 Å². The van der Waals surface area contributed by atoms with Gasteiger partial charge in [-0.15, -0.1) is 0 Å². The van der Waals surface area contributed by atoms with Crippen molar-refractivity contribution in [2.24, 2.45) is 0 Å². The first kappa shape index (κ1) is 16.0. The fraction of sp³-hybridized carbons (Fsp3) is 0.875. The summed E-state index contributed by atoms with van der Waals surface area (Å²) in [4.78, 5) is 10.7. The van der Waals surface area contributed by atoms with Crippen LogP contribution >= 0.6 is 0 Å². The first-order chi connectivity index (χ1) is 7.73. The first-order valence-electron chi connectivity index (χ1n) is 4.75. The van der Waals surface area contributed by atoms with Crippen molar-refractivity contribution in [3.8, 4) is 0 Å². The van der Waals surface area contributed by atoms with Crippen molar-refractivity contribution in [1.82, 2.24) is 10.2 Å². The van der Waals surface area contributed by atoms with Crippen molar-refractivity contribution in [2.75, 3.05) is 32.7 Å². The maximum Gasteiger partial charge on any atom is 0.490 e. The number of carbonyl (C=O) groups is 1. The van der Waals surface area contributed by atoms with Gasteiger partial charge in [-0.2, -0.15) is 13.2 Å². The lowest BCUT2D eigenvalue weighted by Gasteiger charge is -2.26. The maximum atomic E-state index is 11.8. The Kier molecular flexibility index (Phi) is 6.97. The number of nitrogens with zero attached hydrogens (tertiary/aromatic N) is 1. The number of nitrogens with one attached hydrogen (secondary N) is 1. The van der Waals surface area contributed by atoms with Gasteiger partial charge in [0.1, 0.15) is 0 Å². The van der Waals surface area contributed by atoms with Gasteiger partial charge >= 0.3 is 12.1 Å². The van der Waals surface area contributed by atoms with Crippen LogP contribution in [-0.2, 0) is 4.79 Å². The van der Waals surface area contributed by atoms with E-state index in [4.69, 9.17) is 9.90 Å². The second kappa shape index (κ2) is 7.38. The number of rotatable bonds is 2. The molecule has 0 radical (unpaired) electrons. The third-order valence-corrected chi connectivity index (χ3v) is 1.85. The topological polar surface area (TPSA) is 52.6 Å². The number of alkyl halides is 5. The summed E-state index contributed by atoms with van der Waals surface area (Å²) in [6.07, 6.45) is -7.27. The lowest BCUT2D eigenvalue weighted by molar-refractivity contribution is -0.192. The average molecular weight is 264 g/mol. The Balaban J connectivity index is 0.000000325. The second-order valence-electron chi connectivity index (χ2n) is 3.24. The van der Waals surface area contributed by atoms with Crippen molar-refractivity contribution < 1.29 is 31.9 Å². The number of carboxylic acid groups (broad SMARTS) is 1. The Hall–Kier alpha value is -0.960. The molecule has 17 heavy (non-hydrogen) atoms. The largest absolute Gasteiger partial charge is 0.490 e. The molecule has 1 heterocycles. The molecule has 0 bridgehead atoms. The zero-order valence-corrected chi connectivity index (χ0v) is 8.81. The van der Waals surface area contributed by atoms with E-state index in [1.165, 1.54) is 0 Å².